The van der Waals surface area contributed by atoms with Crippen LogP contribution in [0.5, 0.6) is 0 Å². The Morgan fingerprint density at radius 1 is 1.61 bits per heavy atom. The first kappa shape index (κ1) is 13.1. The minimum Gasteiger partial charge on any atom is -0.354 e. The van der Waals surface area contributed by atoms with Crippen LogP contribution in [-0.2, 0) is 10.2 Å². The van der Waals surface area contributed by atoms with Crippen molar-refractivity contribution >= 4 is 17.2 Å². The third kappa shape index (κ3) is 2.28. The number of hydrogen-bond acceptors (Lipinski definition) is 3. The fourth-order valence-corrected chi connectivity index (χ4v) is 3.18. The van der Waals surface area contributed by atoms with Gasteiger partial charge in [0.2, 0.25) is 5.91 Å². The molecule has 0 unspecified atom stereocenters. The molecule has 1 saturated carbocycles. The van der Waals surface area contributed by atoms with Gasteiger partial charge in [-0.05, 0) is 36.8 Å². The first-order chi connectivity index (χ1) is 8.41. The van der Waals surface area contributed by atoms with E-state index in [4.69, 9.17) is 5.26 Å². The Balaban J connectivity index is 2.00. The molecule has 1 aromatic heterocycles. The minimum absolute atomic E-state index is 0.0839. The molecule has 1 fully saturated rings. The average molecular weight is 262 g/mol. The second-order valence-electron chi connectivity index (χ2n) is 5.69. The van der Waals surface area contributed by atoms with Crippen molar-refractivity contribution in [2.75, 3.05) is 6.54 Å². The zero-order valence-corrected chi connectivity index (χ0v) is 11.9. The van der Waals surface area contributed by atoms with Crippen LogP contribution < -0.4 is 5.32 Å². The molecular formula is C14H18N2OS. The number of aryl methyl sites for hydroxylation is 1. The molecule has 18 heavy (non-hydrogen) atoms. The van der Waals surface area contributed by atoms with Crippen molar-refractivity contribution in [1.29, 1.82) is 5.26 Å². The van der Waals surface area contributed by atoms with Gasteiger partial charge in [0, 0.05) is 16.8 Å². The summed E-state index contributed by atoms with van der Waals surface area (Å²) in [6.45, 7) is 6.92. The number of nitriles is 1. The highest BCUT2D eigenvalue weighted by Crippen LogP contribution is 2.45. The normalized spacial score (nSPS) is 17.0. The highest BCUT2D eigenvalue weighted by molar-refractivity contribution is 7.10. The van der Waals surface area contributed by atoms with Crippen molar-refractivity contribution in [1.82, 2.24) is 5.32 Å². The number of rotatable bonds is 4. The summed E-state index contributed by atoms with van der Waals surface area (Å²) in [6, 6.07) is 4.22. The topological polar surface area (TPSA) is 52.9 Å². The van der Waals surface area contributed by atoms with Crippen molar-refractivity contribution in [2.45, 2.75) is 39.0 Å². The van der Waals surface area contributed by atoms with Crippen molar-refractivity contribution in [3.63, 3.8) is 0 Å². The Morgan fingerprint density at radius 2 is 2.28 bits per heavy atom. The molecule has 0 radical (unpaired) electrons. The monoisotopic (exact) mass is 262 g/mol. The van der Waals surface area contributed by atoms with E-state index in [9.17, 15) is 4.79 Å². The van der Waals surface area contributed by atoms with Crippen LogP contribution in [0.1, 0.15) is 37.1 Å². The first-order valence-electron chi connectivity index (χ1n) is 6.15. The van der Waals surface area contributed by atoms with Gasteiger partial charge in [-0.15, -0.1) is 11.3 Å². The van der Waals surface area contributed by atoms with Gasteiger partial charge >= 0.3 is 0 Å². The maximum atomic E-state index is 11.9. The number of hydrogen-bond donors (Lipinski definition) is 1. The lowest BCUT2D eigenvalue weighted by Gasteiger charge is -2.25. The quantitative estimate of drug-likeness (QED) is 0.907. The van der Waals surface area contributed by atoms with E-state index in [1.54, 1.807) is 11.3 Å². The molecule has 1 aliphatic rings. The van der Waals surface area contributed by atoms with E-state index in [2.05, 4.69) is 43.6 Å². The number of thiophene rings is 1. The van der Waals surface area contributed by atoms with E-state index in [0.717, 1.165) is 0 Å². The van der Waals surface area contributed by atoms with Crippen molar-refractivity contribution in [3.05, 3.63) is 21.9 Å². The summed E-state index contributed by atoms with van der Waals surface area (Å²) in [4.78, 5) is 13.2. The van der Waals surface area contributed by atoms with Crippen LogP contribution in [0.25, 0.3) is 0 Å². The maximum Gasteiger partial charge on any atom is 0.240 e. The van der Waals surface area contributed by atoms with E-state index >= 15 is 0 Å². The molecule has 0 aromatic carbocycles. The van der Waals surface area contributed by atoms with Crippen LogP contribution >= 0.6 is 11.3 Å². The van der Waals surface area contributed by atoms with Gasteiger partial charge in [-0.25, -0.2) is 0 Å². The van der Waals surface area contributed by atoms with E-state index < -0.39 is 5.41 Å². The summed E-state index contributed by atoms with van der Waals surface area (Å²) in [6.07, 6.45) is 1.40. The van der Waals surface area contributed by atoms with Gasteiger partial charge in [0.15, 0.2) is 0 Å². The molecule has 1 N–H and O–H groups in total. The lowest BCUT2D eigenvalue weighted by molar-refractivity contribution is -0.124. The third-order valence-corrected chi connectivity index (χ3v) is 4.95. The smallest absolute Gasteiger partial charge is 0.240 e. The summed E-state index contributed by atoms with van der Waals surface area (Å²) in [5, 5.41) is 14.0. The Labute approximate surface area is 112 Å². The molecule has 0 aliphatic heterocycles. The highest BCUT2D eigenvalue weighted by Gasteiger charge is 2.50. The van der Waals surface area contributed by atoms with E-state index in [1.165, 1.54) is 10.4 Å². The van der Waals surface area contributed by atoms with E-state index in [-0.39, 0.29) is 11.3 Å². The molecule has 1 amide bonds. The van der Waals surface area contributed by atoms with Crippen LogP contribution in [0.4, 0.5) is 0 Å². The van der Waals surface area contributed by atoms with Gasteiger partial charge in [0.1, 0.15) is 5.41 Å². The van der Waals surface area contributed by atoms with Crippen molar-refractivity contribution in [3.8, 4) is 6.07 Å². The molecule has 3 nitrogen and oxygen atoms in total. The van der Waals surface area contributed by atoms with Crippen LogP contribution in [-0.4, -0.2) is 12.5 Å². The van der Waals surface area contributed by atoms with Gasteiger partial charge in [0.05, 0.1) is 6.07 Å². The molecule has 96 valence electrons. The zero-order valence-electron chi connectivity index (χ0n) is 11.0. The lowest BCUT2D eigenvalue weighted by atomic mass is 9.89. The SMILES string of the molecule is Cc1ccsc1C(C)(C)CNC(=O)C1(C#N)CC1. The third-order valence-electron chi connectivity index (χ3n) is 3.57. The summed E-state index contributed by atoms with van der Waals surface area (Å²) in [5.41, 5.74) is 0.459. The zero-order chi connectivity index (χ0) is 13.4. The van der Waals surface area contributed by atoms with E-state index in [0.29, 0.717) is 19.4 Å². The van der Waals surface area contributed by atoms with Gasteiger partial charge in [0.25, 0.3) is 0 Å². The average Bonchev–Trinajstić information content (AvgIpc) is 3.02. The Kier molecular flexibility index (Phi) is 3.20. The largest absolute Gasteiger partial charge is 0.354 e. The number of amides is 1. The molecule has 1 heterocycles. The minimum atomic E-state index is -0.722. The van der Waals surface area contributed by atoms with Gasteiger partial charge in [-0.2, -0.15) is 5.26 Å². The van der Waals surface area contributed by atoms with Gasteiger partial charge in [-0.1, -0.05) is 13.8 Å². The second kappa shape index (κ2) is 4.40. The van der Waals surface area contributed by atoms with Crippen LogP contribution in [0.15, 0.2) is 11.4 Å². The van der Waals surface area contributed by atoms with E-state index in [1.807, 2.05) is 0 Å². The maximum absolute atomic E-state index is 11.9. The summed E-state index contributed by atoms with van der Waals surface area (Å²) < 4.78 is 0. The molecule has 1 aliphatic carbocycles. The van der Waals surface area contributed by atoms with Gasteiger partial charge < -0.3 is 5.32 Å². The van der Waals surface area contributed by atoms with Crippen molar-refractivity contribution in [2.24, 2.45) is 5.41 Å². The highest BCUT2D eigenvalue weighted by atomic mass is 32.1. The standard InChI is InChI=1S/C14H18N2OS/c1-10-4-7-18-11(10)13(2,3)9-16-12(17)14(8-15)5-6-14/h4,7H,5-6,9H2,1-3H3,(H,16,17). The Hall–Kier alpha value is -1.34. The molecule has 0 bridgehead atoms. The predicted molar refractivity (Wildman–Crippen MR) is 72.4 cm³/mol. The summed E-state index contributed by atoms with van der Waals surface area (Å²) >= 11 is 1.72. The second-order valence-corrected chi connectivity index (χ2v) is 6.61. The van der Waals surface area contributed by atoms with Crippen LogP contribution in [0.3, 0.4) is 0 Å². The Morgan fingerprint density at radius 3 is 2.72 bits per heavy atom. The molecular weight excluding hydrogens is 244 g/mol. The molecule has 4 heteroatoms. The predicted octanol–water partition coefficient (Wildman–Crippen LogP) is 2.75. The fourth-order valence-electron chi connectivity index (χ4n) is 2.13. The molecule has 2 rings (SSSR count). The van der Waals surface area contributed by atoms with Gasteiger partial charge in [-0.3, -0.25) is 4.79 Å². The lowest BCUT2D eigenvalue weighted by Crippen LogP contribution is -2.40. The fraction of sp³-hybridized carbons (Fsp3) is 0.571. The summed E-state index contributed by atoms with van der Waals surface area (Å²) in [5.74, 6) is -0.104. The van der Waals surface area contributed by atoms with Crippen LogP contribution in [0, 0.1) is 23.7 Å². The summed E-state index contributed by atoms with van der Waals surface area (Å²) in [7, 11) is 0. The first-order valence-corrected chi connectivity index (χ1v) is 7.03. The molecule has 0 saturated heterocycles. The number of nitrogens with one attached hydrogen (secondary N) is 1. The number of nitrogens with zero attached hydrogens (tertiary/aromatic N) is 1. The molecule has 0 spiro atoms. The number of carbonyl (C=O) groups excluding carboxylic acids is 1. The Bertz CT molecular complexity index is 506. The molecule has 1 aromatic rings. The molecule has 0 atom stereocenters. The number of carbonyl (C=O) groups is 1. The van der Waals surface area contributed by atoms with Crippen molar-refractivity contribution < 1.29 is 4.79 Å². The van der Waals surface area contributed by atoms with Crippen LogP contribution in [0.2, 0.25) is 0 Å².